The van der Waals surface area contributed by atoms with Gasteiger partial charge in [0.05, 0.1) is 7.11 Å². The van der Waals surface area contributed by atoms with Crippen molar-refractivity contribution in [1.82, 2.24) is 0 Å². The molecule has 0 radical (unpaired) electrons. The van der Waals surface area contributed by atoms with E-state index < -0.39 is 15.1 Å². The Morgan fingerprint density at radius 3 is 2.68 bits per heavy atom. The van der Waals surface area contributed by atoms with E-state index in [1.54, 1.807) is 48.9 Å². The van der Waals surface area contributed by atoms with Crippen LogP contribution in [0, 0.1) is 0 Å². The molecule has 0 amide bonds. The lowest BCUT2D eigenvalue weighted by atomic mass is 10.1. The summed E-state index contributed by atoms with van der Waals surface area (Å²) in [4.78, 5) is 0. The molecule has 0 aliphatic rings. The van der Waals surface area contributed by atoms with Crippen LogP contribution in [0.15, 0.2) is 46.0 Å². The van der Waals surface area contributed by atoms with Gasteiger partial charge in [0.25, 0.3) is 0 Å². The molecule has 0 spiro atoms. The van der Waals surface area contributed by atoms with Crippen molar-refractivity contribution in [2.24, 2.45) is 5.73 Å². The van der Waals surface area contributed by atoms with E-state index in [1.165, 1.54) is 11.3 Å². The van der Waals surface area contributed by atoms with Gasteiger partial charge in [0.2, 0.25) is 0 Å². The molecule has 19 heavy (non-hydrogen) atoms. The van der Waals surface area contributed by atoms with Gasteiger partial charge in [-0.3, -0.25) is 0 Å². The van der Waals surface area contributed by atoms with Crippen LogP contribution in [0.5, 0.6) is 5.75 Å². The van der Waals surface area contributed by atoms with E-state index in [9.17, 15) is 8.42 Å². The van der Waals surface area contributed by atoms with Gasteiger partial charge < -0.3 is 10.5 Å². The van der Waals surface area contributed by atoms with Crippen LogP contribution in [0.25, 0.3) is 0 Å². The van der Waals surface area contributed by atoms with Gasteiger partial charge in [0, 0.05) is 6.54 Å². The molecule has 2 rings (SSSR count). The molecule has 0 fully saturated rings. The summed E-state index contributed by atoms with van der Waals surface area (Å²) >= 11 is 1.20. The van der Waals surface area contributed by atoms with Crippen LogP contribution in [0.4, 0.5) is 0 Å². The first-order valence-corrected chi connectivity index (χ1v) is 8.13. The maximum Gasteiger partial charge on any atom is 0.195 e. The maximum atomic E-state index is 12.5. The molecule has 1 heterocycles. The van der Waals surface area contributed by atoms with Crippen molar-refractivity contribution >= 4 is 21.2 Å². The zero-order chi connectivity index (χ0) is 13.9. The number of thiophene rings is 1. The van der Waals surface area contributed by atoms with E-state index in [-0.39, 0.29) is 6.54 Å². The molecule has 1 aromatic heterocycles. The molecule has 0 aliphatic heterocycles. The van der Waals surface area contributed by atoms with Crippen molar-refractivity contribution in [3.63, 3.8) is 0 Å². The van der Waals surface area contributed by atoms with Gasteiger partial charge in [-0.1, -0.05) is 18.2 Å². The highest BCUT2D eigenvalue weighted by atomic mass is 32.2. The smallest absolute Gasteiger partial charge is 0.195 e. The predicted octanol–water partition coefficient (Wildman–Crippen LogP) is 2.23. The van der Waals surface area contributed by atoms with Crippen LogP contribution in [-0.4, -0.2) is 22.1 Å². The largest absolute Gasteiger partial charge is 0.497 e. The fourth-order valence-corrected chi connectivity index (χ4v) is 4.66. The van der Waals surface area contributed by atoms with Crippen LogP contribution in [0.1, 0.15) is 10.8 Å². The Labute approximate surface area is 116 Å². The summed E-state index contributed by atoms with van der Waals surface area (Å²) in [6, 6.07) is 10.3. The number of hydrogen-bond donors (Lipinski definition) is 1. The SMILES string of the molecule is COc1cccc([C@H](CN)S(=O)(=O)c2cccs2)c1. The van der Waals surface area contributed by atoms with Gasteiger partial charge in [-0.2, -0.15) is 0 Å². The van der Waals surface area contributed by atoms with Crippen LogP contribution < -0.4 is 10.5 Å². The molecule has 0 saturated carbocycles. The average molecular weight is 297 g/mol. The highest BCUT2D eigenvalue weighted by Crippen LogP contribution is 2.32. The number of rotatable bonds is 5. The summed E-state index contributed by atoms with van der Waals surface area (Å²) in [6.07, 6.45) is 0. The number of hydrogen-bond acceptors (Lipinski definition) is 5. The molecule has 0 unspecified atom stereocenters. The van der Waals surface area contributed by atoms with E-state index in [4.69, 9.17) is 10.5 Å². The third-order valence-corrected chi connectivity index (χ3v) is 6.39. The van der Waals surface area contributed by atoms with E-state index in [2.05, 4.69) is 0 Å². The third-order valence-electron chi connectivity index (χ3n) is 2.83. The molecule has 2 aromatic rings. The summed E-state index contributed by atoms with van der Waals surface area (Å²) in [6.45, 7) is 0.0351. The number of nitrogens with two attached hydrogens (primary N) is 1. The summed E-state index contributed by atoms with van der Waals surface area (Å²) in [5.41, 5.74) is 6.32. The zero-order valence-electron chi connectivity index (χ0n) is 10.4. The Bertz CT molecular complexity index is 636. The lowest BCUT2D eigenvalue weighted by Crippen LogP contribution is -2.21. The maximum absolute atomic E-state index is 12.5. The van der Waals surface area contributed by atoms with Crippen molar-refractivity contribution in [1.29, 1.82) is 0 Å². The Morgan fingerprint density at radius 2 is 2.11 bits per heavy atom. The van der Waals surface area contributed by atoms with Crippen molar-refractivity contribution < 1.29 is 13.2 Å². The highest BCUT2D eigenvalue weighted by molar-refractivity contribution is 7.93. The molecule has 102 valence electrons. The minimum absolute atomic E-state index is 0.0351. The second kappa shape index (κ2) is 5.73. The van der Waals surface area contributed by atoms with Gasteiger partial charge in [0.1, 0.15) is 15.2 Å². The lowest BCUT2D eigenvalue weighted by molar-refractivity contribution is 0.414. The number of sulfone groups is 1. The van der Waals surface area contributed by atoms with Crippen molar-refractivity contribution in [2.45, 2.75) is 9.46 Å². The lowest BCUT2D eigenvalue weighted by Gasteiger charge is -2.15. The van der Waals surface area contributed by atoms with Gasteiger partial charge >= 0.3 is 0 Å². The topological polar surface area (TPSA) is 69.4 Å². The summed E-state index contributed by atoms with van der Waals surface area (Å²) in [5, 5.41) is 0.993. The molecule has 1 aromatic carbocycles. The Kier molecular flexibility index (Phi) is 4.24. The molecule has 0 bridgehead atoms. The molecule has 0 aliphatic carbocycles. The molecular formula is C13H15NO3S2. The monoisotopic (exact) mass is 297 g/mol. The minimum Gasteiger partial charge on any atom is -0.497 e. The third kappa shape index (κ3) is 2.80. The molecule has 1 atom stereocenters. The Balaban J connectivity index is 2.45. The fourth-order valence-electron chi connectivity index (χ4n) is 1.85. The van der Waals surface area contributed by atoms with Crippen LogP contribution >= 0.6 is 11.3 Å². The van der Waals surface area contributed by atoms with E-state index in [0.717, 1.165) is 0 Å². The van der Waals surface area contributed by atoms with Crippen molar-refractivity contribution in [2.75, 3.05) is 13.7 Å². The first kappa shape index (κ1) is 14.0. The average Bonchev–Trinajstić information content (AvgIpc) is 2.94. The van der Waals surface area contributed by atoms with Gasteiger partial charge in [-0.05, 0) is 29.1 Å². The van der Waals surface area contributed by atoms with Gasteiger partial charge in [-0.15, -0.1) is 11.3 Å². The zero-order valence-corrected chi connectivity index (χ0v) is 12.1. The molecule has 6 heteroatoms. The second-order valence-electron chi connectivity index (χ2n) is 3.98. The molecule has 0 saturated heterocycles. The summed E-state index contributed by atoms with van der Waals surface area (Å²) in [7, 11) is -1.90. The molecule has 2 N–H and O–H groups in total. The molecule has 4 nitrogen and oxygen atoms in total. The quantitative estimate of drug-likeness (QED) is 0.919. The highest BCUT2D eigenvalue weighted by Gasteiger charge is 2.28. The van der Waals surface area contributed by atoms with Gasteiger partial charge in [-0.25, -0.2) is 8.42 Å². The molecular weight excluding hydrogens is 282 g/mol. The van der Waals surface area contributed by atoms with E-state index in [1.807, 2.05) is 0 Å². The minimum atomic E-state index is -3.45. The van der Waals surface area contributed by atoms with Crippen LogP contribution in [-0.2, 0) is 9.84 Å². The number of methoxy groups -OCH3 is 1. The fraction of sp³-hybridized carbons (Fsp3) is 0.231. The normalized spacial score (nSPS) is 13.2. The predicted molar refractivity (Wildman–Crippen MR) is 76.3 cm³/mol. The first-order chi connectivity index (χ1) is 9.09. The summed E-state index contributed by atoms with van der Waals surface area (Å²) in [5.74, 6) is 0.623. The summed E-state index contributed by atoms with van der Waals surface area (Å²) < 4.78 is 30.5. The number of benzene rings is 1. The van der Waals surface area contributed by atoms with Crippen molar-refractivity contribution in [3.05, 3.63) is 47.3 Å². The first-order valence-electron chi connectivity index (χ1n) is 5.71. The van der Waals surface area contributed by atoms with E-state index in [0.29, 0.717) is 15.5 Å². The van der Waals surface area contributed by atoms with Gasteiger partial charge in [0.15, 0.2) is 9.84 Å². The number of ether oxygens (including phenoxy) is 1. The Hall–Kier alpha value is -1.37. The van der Waals surface area contributed by atoms with Crippen molar-refractivity contribution in [3.8, 4) is 5.75 Å². The standard InChI is InChI=1S/C13H15NO3S2/c1-17-11-5-2-4-10(8-11)12(9-14)19(15,16)13-6-3-7-18-13/h2-8,12H,9,14H2,1H3/t12-/m0/s1. The van der Waals surface area contributed by atoms with Crippen LogP contribution in [0.3, 0.4) is 0 Å². The van der Waals surface area contributed by atoms with E-state index >= 15 is 0 Å². The Morgan fingerprint density at radius 1 is 1.32 bits per heavy atom. The van der Waals surface area contributed by atoms with Crippen LogP contribution in [0.2, 0.25) is 0 Å². The second-order valence-corrected chi connectivity index (χ2v) is 7.28.